The normalized spacial score (nSPS) is 7.83. The molecular weight excluding hydrogens is 161 g/mol. The van der Waals surface area contributed by atoms with Crippen molar-refractivity contribution in [1.29, 1.82) is 0 Å². The van der Waals surface area contributed by atoms with E-state index >= 15 is 0 Å². The van der Waals surface area contributed by atoms with Crippen molar-refractivity contribution in [2.24, 2.45) is 0 Å². The van der Waals surface area contributed by atoms with Gasteiger partial charge in [-0.1, -0.05) is 0 Å². The SMILES string of the molecule is O=C(O)c1cccnc1.O[B]O. The van der Waals surface area contributed by atoms with Gasteiger partial charge in [0.15, 0.2) is 0 Å². The number of hydrogen-bond acceptors (Lipinski definition) is 4. The molecule has 6 heteroatoms. The lowest BCUT2D eigenvalue weighted by atomic mass is 10.3. The van der Waals surface area contributed by atoms with Crippen molar-refractivity contribution < 1.29 is 19.9 Å². The van der Waals surface area contributed by atoms with Gasteiger partial charge in [0.2, 0.25) is 0 Å². The lowest BCUT2D eigenvalue weighted by molar-refractivity contribution is 0.0696. The molecule has 0 bridgehead atoms. The summed E-state index contributed by atoms with van der Waals surface area (Å²) in [5.74, 6) is -0.942. The van der Waals surface area contributed by atoms with Gasteiger partial charge in [-0.3, -0.25) is 4.98 Å². The van der Waals surface area contributed by atoms with Gasteiger partial charge in [0.1, 0.15) is 0 Å². The van der Waals surface area contributed by atoms with Crippen LogP contribution in [0.1, 0.15) is 10.4 Å². The van der Waals surface area contributed by atoms with Gasteiger partial charge in [-0.2, -0.15) is 0 Å². The van der Waals surface area contributed by atoms with Crippen LogP contribution in [0, 0.1) is 0 Å². The maximum Gasteiger partial charge on any atom is 0.482 e. The Morgan fingerprint density at radius 1 is 1.50 bits per heavy atom. The molecule has 1 aromatic heterocycles. The average molecular weight is 168 g/mol. The number of pyridine rings is 1. The number of nitrogens with zero attached hydrogens (tertiary/aromatic N) is 1. The molecule has 0 aliphatic rings. The Bertz CT molecular complexity index is 228. The van der Waals surface area contributed by atoms with Gasteiger partial charge < -0.3 is 15.2 Å². The van der Waals surface area contributed by atoms with E-state index in [9.17, 15) is 4.79 Å². The smallest absolute Gasteiger partial charge is 0.478 e. The molecule has 63 valence electrons. The fraction of sp³-hybridized carbons (Fsp3) is 0. The minimum absolute atomic E-state index is 0. The predicted molar refractivity (Wildman–Crippen MR) is 41.4 cm³/mol. The summed E-state index contributed by atoms with van der Waals surface area (Å²) in [6, 6.07) is 3.08. The van der Waals surface area contributed by atoms with E-state index < -0.39 is 5.97 Å². The van der Waals surface area contributed by atoms with Crippen LogP contribution in [0.15, 0.2) is 24.5 Å². The molecule has 5 nitrogen and oxygen atoms in total. The lowest BCUT2D eigenvalue weighted by Crippen LogP contribution is -1.94. The average Bonchev–Trinajstić information content (AvgIpc) is 2.07. The third-order valence-corrected chi connectivity index (χ3v) is 0.908. The van der Waals surface area contributed by atoms with Crippen molar-refractivity contribution in [3.63, 3.8) is 0 Å². The Balaban J connectivity index is 0.000000354. The Labute approximate surface area is 69.6 Å². The summed E-state index contributed by atoms with van der Waals surface area (Å²) in [6.45, 7) is 0. The summed E-state index contributed by atoms with van der Waals surface area (Å²) in [5, 5.41) is 22.3. The molecule has 1 radical (unpaired) electrons. The van der Waals surface area contributed by atoms with Crippen LogP contribution in [0.5, 0.6) is 0 Å². The van der Waals surface area contributed by atoms with Crippen molar-refractivity contribution in [2.45, 2.75) is 0 Å². The fourth-order valence-electron chi connectivity index (χ4n) is 0.489. The second kappa shape index (κ2) is 6.32. The van der Waals surface area contributed by atoms with Crippen LogP contribution in [0.3, 0.4) is 0 Å². The third-order valence-electron chi connectivity index (χ3n) is 0.908. The number of carbonyl (C=O) groups is 1. The van der Waals surface area contributed by atoms with Crippen LogP contribution in [0.4, 0.5) is 0 Å². The minimum Gasteiger partial charge on any atom is -0.478 e. The van der Waals surface area contributed by atoms with Crippen LogP contribution in [0.2, 0.25) is 0 Å². The van der Waals surface area contributed by atoms with E-state index in [1.807, 2.05) is 0 Å². The topological polar surface area (TPSA) is 90.7 Å². The highest BCUT2D eigenvalue weighted by Crippen LogP contribution is 1.92. The van der Waals surface area contributed by atoms with Gasteiger partial charge in [-0.05, 0) is 12.1 Å². The van der Waals surface area contributed by atoms with E-state index in [0.29, 0.717) is 0 Å². The first-order valence-electron chi connectivity index (χ1n) is 2.95. The number of aromatic carboxylic acids is 1. The van der Waals surface area contributed by atoms with E-state index in [1.54, 1.807) is 6.07 Å². The molecule has 3 N–H and O–H groups in total. The largest absolute Gasteiger partial charge is 0.482 e. The van der Waals surface area contributed by atoms with E-state index in [1.165, 1.54) is 18.5 Å². The number of hydrogen-bond donors (Lipinski definition) is 3. The first-order valence-corrected chi connectivity index (χ1v) is 2.95. The van der Waals surface area contributed by atoms with E-state index in [4.69, 9.17) is 15.2 Å². The van der Waals surface area contributed by atoms with Crippen LogP contribution >= 0.6 is 0 Å². The molecular formula is C6H7BNO4. The zero-order valence-electron chi connectivity index (χ0n) is 6.08. The summed E-state index contributed by atoms with van der Waals surface area (Å²) in [5.41, 5.74) is 0.220. The quantitative estimate of drug-likeness (QED) is 0.481. The molecule has 0 spiro atoms. The number of aromatic nitrogens is 1. The fourth-order valence-corrected chi connectivity index (χ4v) is 0.489. The molecule has 0 aliphatic carbocycles. The Morgan fingerprint density at radius 3 is 2.33 bits per heavy atom. The molecule has 1 heterocycles. The third kappa shape index (κ3) is 4.43. The Hall–Kier alpha value is -1.40. The second-order valence-electron chi connectivity index (χ2n) is 1.66. The van der Waals surface area contributed by atoms with Crippen molar-refractivity contribution in [1.82, 2.24) is 4.98 Å². The van der Waals surface area contributed by atoms with Gasteiger partial charge in [0.05, 0.1) is 5.56 Å². The highest BCUT2D eigenvalue weighted by atomic mass is 16.4. The molecule has 0 saturated heterocycles. The standard InChI is InChI=1S/C6H5NO2.BH2O2/c8-6(9)5-2-1-3-7-4-5;2-1-3/h1-4H,(H,8,9);2-3H. The van der Waals surface area contributed by atoms with Gasteiger partial charge in [0.25, 0.3) is 0 Å². The minimum atomic E-state index is -0.942. The summed E-state index contributed by atoms with van der Waals surface area (Å²) in [4.78, 5) is 13.8. The van der Waals surface area contributed by atoms with E-state index in [2.05, 4.69) is 4.98 Å². The summed E-state index contributed by atoms with van der Waals surface area (Å²) >= 11 is 0. The zero-order valence-corrected chi connectivity index (χ0v) is 6.08. The molecule has 0 atom stereocenters. The van der Waals surface area contributed by atoms with Gasteiger partial charge >= 0.3 is 13.7 Å². The van der Waals surface area contributed by atoms with Gasteiger partial charge in [-0.25, -0.2) is 4.79 Å². The van der Waals surface area contributed by atoms with Crippen molar-refractivity contribution in [3.8, 4) is 0 Å². The molecule has 12 heavy (non-hydrogen) atoms. The van der Waals surface area contributed by atoms with Crippen LogP contribution < -0.4 is 0 Å². The summed E-state index contributed by atoms with van der Waals surface area (Å²) < 4.78 is 0. The number of carboxylic acids is 1. The first kappa shape index (κ1) is 10.6. The summed E-state index contributed by atoms with van der Waals surface area (Å²) in [7, 11) is 0. The zero-order chi connectivity index (χ0) is 9.40. The maximum absolute atomic E-state index is 10.2. The van der Waals surface area contributed by atoms with E-state index in [-0.39, 0.29) is 13.2 Å². The Kier molecular flexibility index (Phi) is 5.59. The van der Waals surface area contributed by atoms with Gasteiger partial charge in [-0.15, -0.1) is 0 Å². The van der Waals surface area contributed by atoms with Crippen molar-refractivity contribution in [3.05, 3.63) is 30.1 Å². The first-order chi connectivity index (χ1) is 5.72. The molecule has 0 fully saturated rings. The summed E-state index contributed by atoms with van der Waals surface area (Å²) in [6.07, 6.45) is 2.84. The molecule has 0 saturated carbocycles. The maximum atomic E-state index is 10.2. The predicted octanol–water partition coefficient (Wildman–Crippen LogP) is -0.715. The highest BCUT2D eigenvalue weighted by Gasteiger charge is 1.97. The molecule has 1 aromatic rings. The second-order valence-corrected chi connectivity index (χ2v) is 1.66. The Morgan fingerprint density at radius 2 is 2.08 bits per heavy atom. The van der Waals surface area contributed by atoms with Crippen molar-refractivity contribution in [2.75, 3.05) is 0 Å². The van der Waals surface area contributed by atoms with Crippen LogP contribution in [0.25, 0.3) is 0 Å². The van der Waals surface area contributed by atoms with Gasteiger partial charge in [0, 0.05) is 12.4 Å². The molecule has 0 aromatic carbocycles. The monoisotopic (exact) mass is 168 g/mol. The molecule has 0 aliphatic heterocycles. The molecule has 0 amide bonds. The highest BCUT2D eigenvalue weighted by molar-refractivity contribution is 6.13. The van der Waals surface area contributed by atoms with E-state index in [0.717, 1.165) is 0 Å². The molecule has 0 unspecified atom stereocenters. The number of carboxylic acid groups (broad SMARTS) is 1. The lowest BCUT2D eigenvalue weighted by Gasteiger charge is -1.87. The van der Waals surface area contributed by atoms with Crippen LogP contribution in [-0.2, 0) is 0 Å². The van der Waals surface area contributed by atoms with Crippen LogP contribution in [-0.4, -0.2) is 33.8 Å². The molecule has 1 rings (SSSR count). The number of rotatable bonds is 1. The van der Waals surface area contributed by atoms with Crippen molar-refractivity contribution >= 4 is 13.7 Å².